The summed E-state index contributed by atoms with van der Waals surface area (Å²) in [6.45, 7) is 9.73. The number of nitrogens with one attached hydrogen (secondary N) is 1. The molecule has 1 N–H and O–H groups in total. The molecule has 11 heteroatoms. The van der Waals surface area contributed by atoms with Crippen molar-refractivity contribution in [3.8, 4) is 11.4 Å². The molecule has 3 heterocycles. The van der Waals surface area contributed by atoms with E-state index in [4.69, 9.17) is 16.1 Å². The lowest BCUT2D eigenvalue weighted by atomic mass is 9.92. The van der Waals surface area contributed by atoms with Crippen molar-refractivity contribution in [2.45, 2.75) is 52.4 Å². The van der Waals surface area contributed by atoms with Crippen LogP contribution in [0.2, 0.25) is 5.02 Å². The smallest absolute Gasteiger partial charge is 0.294 e. The zero-order valence-corrected chi connectivity index (χ0v) is 21.3. The summed E-state index contributed by atoms with van der Waals surface area (Å²) < 4.78 is 6.88. The molecule has 0 bridgehead atoms. The number of aromatic nitrogens is 7. The van der Waals surface area contributed by atoms with E-state index in [0.29, 0.717) is 22.6 Å². The van der Waals surface area contributed by atoms with Crippen LogP contribution in [0.4, 0.5) is 11.6 Å². The highest BCUT2D eigenvalue weighted by atomic mass is 35.5. The minimum atomic E-state index is -0.299. The molecule has 0 saturated heterocycles. The van der Waals surface area contributed by atoms with Gasteiger partial charge in [-0.15, -0.1) is 0 Å². The van der Waals surface area contributed by atoms with Crippen molar-refractivity contribution in [3.63, 3.8) is 0 Å². The third-order valence-corrected chi connectivity index (χ3v) is 6.05. The Balaban J connectivity index is 1.53. The molecule has 0 aliphatic carbocycles. The molecule has 10 nitrogen and oxygen atoms in total. The van der Waals surface area contributed by atoms with Gasteiger partial charge in [-0.2, -0.15) is 15.1 Å². The SMILES string of the molecule is Cc1c(-c2ncnc(Nc3cnn(C)c3)n2)ccc([C@@H](C)CC(=O)c2nc(C(C)(C)C)no2)c1Cl. The third kappa shape index (κ3) is 5.37. The summed E-state index contributed by atoms with van der Waals surface area (Å²) in [5.74, 6) is 1.03. The molecule has 0 unspecified atom stereocenters. The third-order valence-electron chi connectivity index (χ3n) is 5.55. The van der Waals surface area contributed by atoms with E-state index in [1.54, 1.807) is 10.9 Å². The van der Waals surface area contributed by atoms with Gasteiger partial charge in [-0.05, 0) is 24.0 Å². The number of rotatable bonds is 7. The predicted molar refractivity (Wildman–Crippen MR) is 132 cm³/mol. The molecule has 0 fully saturated rings. The second kappa shape index (κ2) is 9.53. The van der Waals surface area contributed by atoms with Crippen LogP contribution in [-0.4, -0.2) is 40.7 Å². The molecular weight excluding hydrogens is 468 g/mol. The van der Waals surface area contributed by atoms with E-state index in [9.17, 15) is 4.79 Å². The van der Waals surface area contributed by atoms with Crippen LogP contribution in [0.15, 0.2) is 35.4 Å². The Labute approximate surface area is 208 Å². The van der Waals surface area contributed by atoms with Crippen LogP contribution in [0, 0.1) is 6.92 Å². The van der Waals surface area contributed by atoms with Gasteiger partial charge in [0.2, 0.25) is 11.7 Å². The minimum absolute atomic E-state index is 0.0186. The van der Waals surface area contributed by atoms with Crippen LogP contribution < -0.4 is 5.32 Å². The minimum Gasteiger partial charge on any atom is -0.331 e. The molecule has 3 aromatic heterocycles. The van der Waals surface area contributed by atoms with Crippen LogP contribution in [0.25, 0.3) is 11.4 Å². The summed E-state index contributed by atoms with van der Waals surface area (Å²) in [7, 11) is 1.83. The van der Waals surface area contributed by atoms with Gasteiger partial charge >= 0.3 is 0 Å². The van der Waals surface area contributed by atoms with E-state index in [1.165, 1.54) is 6.33 Å². The van der Waals surface area contributed by atoms with Crippen molar-refractivity contribution >= 4 is 29.0 Å². The van der Waals surface area contributed by atoms with Crippen molar-refractivity contribution < 1.29 is 9.32 Å². The Morgan fingerprint density at radius 2 is 2.00 bits per heavy atom. The number of ketones is 1. The standard InChI is InChI=1S/C24H27ClN8O2/c1-13(9-18(34)21-31-22(32-35-21)24(3,4)5)16-7-8-17(14(2)19(16)25)20-26-12-27-23(30-20)29-15-10-28-33(6)11-15/h7-8,10-13H,9H2,1-6H3,(H,26,27,29,30)/t13-/m0/s1. The Hall–Kier alpha value is -3.66. The summed E-state index contributed by atoms with van der Waals surface area (Å²) in [4.78, 5) is 30.1. The molecule has 4 rings (SSSR count). The van der Waals surface area contributed by atoms with Crippen molar-refractivity contribution in [2.75, 3.05) is 5.32 Å². The van der Waals surface area contributed by atoms with E-state index >= 15 is 0 Å². The Kier molecular flexibility index (Phi) is 6.66. The van der Waals surface area contributed by atoms with Crippen LogP contribution in [0.5, 0.6) is 0 Å². The van der Waals surface area contributed by atoms with Gasteiger partial charge in [0, 0.05) is 35.7 Å². The molecule has 0 spiro atoms. The van der Waals surface area contributed by atoms with Gasteiger partial charge in [0.1, 0.15) is 6.33 Å². The quantitative estimate of drug-likeness (QED) is 0.352. The summed E-state index contributed by atoms with van der Waals surface area (Å²) in [5, 5.41) is 11.7. The molecule has 35 heavy (non-hydrogen) atoms. The van der Waals surface area contributed by atoms with Crippen molar-refractivity contribution in [2.24, 2.45) is 7.05 Å². The second-order valence-corrected chi connectivity index (χ2v) is 9.88. The van der Waals surface area contributed by atoms with Crippen LogP contribution in [0.1, 0.15) is 67.7 Å². The van der Waals surface area contributed by atoms with E-state index in [2.05, 4.69) is 35.5 Å². The highest BCUT2D eigenvalue weighted by Crippen LogP contribution is 2.35. The normalized spacial score (nSPS) is 12.5. The fourth-order valence-electron chi connectivity index (χ4n) is 3.55. The number of hydrogen-bond acceptors (Lipinski definition) is 9. The number of Topliss-reactive ketones (excluding diaryl/α,β-unsaturated/α-hetero) is 1. The number of aryl methyl sites for hydroxylation is 1. The molecule has 0 amide bonds. The Bertz CT molecular complexity index is 1370. The van der Waals surface area contributed by atoms with E-state index in [0.717, 1.165) is 22.4 Å². The van der Waals surface area contributed by atoms with E-state index in [-0.39, 0.29) is 29.4 Å². The fraction of sp³-hybridized carbons (Fsp3) is 0.375. The first kappa shape index (κ1) is 24.5. The van der Waals surface area contributed by atoms with E-state index < -0.39 is 0 Å². The van der Waals surface area contributed by atoms with E-state index in [1.807, 2.05) is 60.0 Å². The number of hydrogen-bond donors (Lipinski definition) is 1. The molecule has 0 saturated carbocycles. The highest BCUT2D eigenvalue weighted by molar-refractivity contribution is 6.32. The average molecular weight is 495 g/mol. The molecule has 0 aliphatic rings. The largest absolute Gasteiger partial charge is 0.331 e. The van der Waals surface area contributed by atoms with Gasteiger partial charge < -0.3 is 9.84 Å². The molecule has 1 atom stereocenters. The molecular formula is C24H27ClN8O2. The summed E-state index contributed by atoms with van der Waals surface area (Å²) in [6, 6.07) is 3.81. The highest BCUT2D eigenvalue weighted by Gasteiger charge is 2.26. The Morgan fingerprint density at radius 1 is 1.23 bits per heavy atom. The topological polar surface area (TPSA) is 125 Å². The first-order chi connectivity index (χ1) is 16.5. The van der Waals surface area contributed by atoms with Crippen molar-refractivity contribution in [3.05, 3.63) is 58.7 Å². The number of nitrogens with zero attached hydrogens (tertiary/aromatic N) is 7. The van der Waals surface area contributed by atoms with Gasteiger partial charge in [-0.1, -0.05) is 56.6 Å². The van der Waals surface area contributed by atoms with Gasteiger partial charge in [0.25, 0.3) is 5.89 Å². The Morgan fingerprint density at radius 3 is 2.66 bits per heavy atom. The molecule has 4 aromatic rings. The molecule has 182 valence electrons. The zero-order valence-electron chi connectivity index (χ0n) is 20.5. The number of benzene rings is 1. The maximum Gasteiger partial charge on any atom is 0.294 e. The number of carbonyl (C=O) groups is 1. The number of anilines is 2. The summed E-state index contributed by atoms with van der Waals surface area (Å²) in [5.41, 5.74) is 2.91. The predicted octanol–water partition coefficient (Wildman–Crippen LogP) is 5.03. The lowest BCUT2D eigenvalue weighted by Gasteiger charge is -2.16. The van der Waals surface area contributed by atoms with Gasteiger partial charge in [-0.3, -0.25) is 9.48 Å². The van der Waals surface area contributed by atoms with Crippen molar-refractivity contribution in [1.29, 1.82) is 0 Å². The average Bonchev–Trinajstić information content (AvgIpc) is 3.45. The molecule has 0 aliphatic heterocycles. The number of halogens is 1. The van der Waals surface area contributed by atoms with Gasteiger partial charge in [-0.25, -0.2) is 9.97 Å². The lowest BCUT2D eigenvalue weighted by Crippen LogP contribution is -2.14. The van der Waals surface area contributed by atoms with Crippen molar-refractivity contribution in [1.82, 2.24) is 34.9 Å². The maximum absolute atomic E-state index is 12.8. The fourth-order valence-corrected chi connectivity index (χ4v) is 3.90. The van der Waals surface area contributed by atoms with Crippen LogP contribution >= 0.6 is 11.6 Å². The maximum atomic E-state index is 12.8. The summed E-state index contributed by atoms with van der Waals surface area (Å²) >= 11 is 6.75. The first-order valence-corrected chi connectivity index (χ1v) is 11.5. The van der Waals surface area contributed by atoms with Crippen LogP contribution in [0.3, 0.4) is 0 Å². The zero-order chi connectivity index (χ0) is 25.3. The molecule has 0 radical (unpaired) electrons. The van der Waals surface area contributed by atoms with Gasteiger partial charge in [0.05, 0.1) is 11.9 Å². The molecule has 1 aromatic carbocycles. The first-order valence-electron chi connectivity index (χ1n) is 11.1. The second-order valence-electron chi connectivity index (χ2n) is 9.50. The van der Waals surface area contributed by atoms with Crippen LogP contribution in [-0.2, 0) is 12.5 Å². The van der Waals surface area contributed by atoms with Gasteiger partial charge in [0.15, 0.2) is 11.6 Å². The number of carbonyl (C=O) groups excluding carboxylic acids is 1. The monoisotopic (exact) mass is 494 g/mol. The summed E-state index contributed by atoms with van der Waals surface area (Å²) in [6.07, 6.45) is 5.14. The lowest BCUT2D eigenvalue weighted by molar-refractivity contribution is 0.0932.